The average molecular weight is 447 g/mol. The summed E-state index contributed by atoms with van der Waals surface area (Å²) < 4.78 is 16.1. The van der Waals surface area contributed by atoms with E-state index in [0.717, 1.165) is 11.1 Å². The fraction of sp³-hybridized carbons (Fsp3) is 0.115. The zero-order chi connectivity index (χ0) is 23.8. The van der Waals surface area contributed by atoms with Gasteiger partial charge in [-0.1, -0.05) is 36.4 Å². The molecule has 0 bridgehead atoms. The minimum absolute atomic E-state index is 0.0655. The number of phenolic OH excluding ortho intramolecular Hbond substituents is 2. The Morgan fingerprint density at radius 3 is 2.09 bits per heavy atom. The number of ether oxygens (including phenoxy) is 3. The van der Waals surface area contributed by atoms with Gasteiger partial charge >= 0.3 is 0 Å². The fourth-order valence-electron chi connectivity index (χ4n) is 3.12. The Morgan fingerprint density at radius 1 is 0.788 bits per heavy atom. The van der Waals surface area contributed by atoms with Gasteiger partial charge in [-0.2, -0.15) is 0 Å². The lowest BCUT2D eigenvalue weighted by molar-refractivity contribution is -0.111. The van der Waals surface area contributed by atoms with E-state index in [1.807, 2.05) is 24.3 Å². The molecule has 3 N–H and O–H groups in total. The molecule has 0 atom stereocenters. The minimum atomic E-state index is -0.445. The number of benzene rings is 3. The maximum absolute atomic E-state index is 12.3. The second-order valence-corrected chi connectivity index (χ2v) is 6.95. The van der Waals surface area contributed by atoms with E-state index in [9.17, 15) is 15.0 Å². The van der Waals surface area contributed by atoms with E-state index in [1.54, 1.807) is 51.7 Å². The molecule has 3 aromatic carbocycles. The van der Waals surface area contributed by atoms with Crippen LogP contribution in [0.5, 0.6) is 28.7 Å². The summed E-state index contributed by atoms with van der Waals surface area (Å²) in [6, 6.07) is 15.2. The standard InChI is InChI=1S/C26H25NO6/c1-31-23-15-18(16-24(32-2)26(23)33-3)9-8-17-10-12-22(29)20(14-17)27-25(30)13-11-19-6-4-5-7-21(19)28/h4-16,28-29H,1-3H3,(H,27,30)/b9-8+,13-11+. The predicted octanol–water partition coefficient (Wildman–Crippen LogP) is 4.95. The van der Waals surface area contributed by atoms with Gasteiger partial charge in [0.1, 0.15) is 11.5 Å². The molecule has 1 amide bonds. The second-order valence-electron chi connectivity index (χ2n) is 6.95. The molecule has 0 aliphatic carbocycles. The highest BCUT2D eigenvalue weighted by atomic mass is 16.5. The van der Waals surface area contributed by atoms with E-state index >= 15 is 0 Å². The van der Waals surface area contributed by atoms with Crippen LogP contribution in [-0.4, -0.2) is 37.4 Å². The largest absolute Gasteiger partial charge is 0.507 e. The van der Waals surface area contributed by atoms with Gasteiger partial charge < -0.3 is 29.7 Å². The third kappa shape index (κ3) is 5.86. The number of rotatable bonds is 8. The van der Waals surface area contributed by atoms with Gasteiger partial charge in [-0.3, -0.25) is 4.79 Å². The van der Waals surface area contributed by atoms with Crippen molar-refractivity contribution in [3.63, 3.8) is 0 Å². The molecule has 0 unspecified atom stereocenters. The van der Waals surface area contributed by atoms with Gasteiger partial charge in [-0.25, -0.2) is 0 Å². The lowest BCUT2D eigenvalue weighted by atomic mass is 10.1. The van der Waals surface area contributed by atoms with Gasteiger partial charge in [0.25, 0.3) is 0 Å². The van der Waals surface area contributed by atoms with Gasteiger partial charge in [-0.05, 0) is 47.5 Å². The molecule has 0 radical (unpaired) electrons. The Balaban J connectivity index is 1.78. The third-order valence-corrected chi connectivity index (χ3v) is 4.78. The van der Waals surface area contributed by atoms with Crippen LogP contribution in [0.2, 0.25) is 0 Å². The first kappa shape index (κ1) is 23.3. The number of methoxy groups -OCH3 is 3. The molecule has 0 heterocycles. The van der Waals surface area contributed by atoms with Crippen molar-refractivity contribution >= 4 is 29.8 Å². The fourth-order valence-corrected chi connectivity index (χ4v) is 3.12. The number of para-hydroxylation sites is 1. The van der Waals surface area contributed by atoms with Crippen LogP contribution >= 0.6 is 0 Å². The lowest BCUT2D eigenvalue weighted by Crippen LogP contribution is -2.08. The molecule has 0 aliphatic rings. The summed E-state index contributed by atoms with van der Waals surface area (Å²) >= 11 is 0. The van der Waals surface area contributed by atoms with Crippen LogP contribution in [0.4, 0.5) is 5.69 Å². The monoisotopic (exact) mass is 447 g/mol. The van der Waals surface area contributed by atoms with Gasteiger partial charge in [0.15, 0.2) is 11.5 Å². The van der Waals surface area contributed by atoms with Crippen molar-refractivity contribution in [2.75, 3.05) is 26.6 Å². The van der Waals surface area contributed by atoms with Crippen LogP contribution in [0.1, 0.15) is 16.7 Å². The molecule has 170 valence electrons. The number of nitrogens with one attached hydrogen (secondary N) is 1. The Labute approximate surface area is 192 Å². The molecule has 0 saturated heterocycles. The van der Waals surface area contributed by atoms with Crippen molar-refractivity contribution in [1.82, 2.24) is 0 Å². The minimum Gasteiger partial charge on any atom is -0.507 e. The maximum atomic E-state index is 12.3. The molecule has 0 spiro atoms. The molecule has 3 aromatic rings. The van der Waals surface area contributed by atoms with E-state index in [-0.39, 0.29) is 17.2 Å². The van der Waals surface area contributed by atoms with E-state index in [4.69, 9.17) is 14.2 Å². The lowest BCUT2D eigenvalue weighted by Gasteiger charge is -2.12. The third-order valence-electron chi connectivity index (χ3n) is 4.78. The molecule has 3 rings (SSSR count). The van der Waals surface area contributed by atoms with Crippen LogP contribution in [0.25, 0.3) is 18.2 Å². The molecule has 7 heteroatoms. The zero-order valence-corrected chi connectivity index (χ0v) is 18.5. The summed E-state index contributed by atoms with van der Waals surface area (Å²) in [7, 11) is 4.64. The first-order valence-electron chi connectivity index (χ1n) is 10.0. The molecule has 0 fully saturated rings. The van der Waals surface area contributed by atoms with E-state index in [0.29, 0.717) is 22.8 Å². The van der Waals surface area contributed by atoms with Gasteiger partial charge in [0.05, 0.1) is 27.0 Å². The maximum Gasteiger partial charge on any atom is 0.248 e. The molecular weight excluding hydrogens is 422 g/mol. The van der Waals surface area contributed by atoms with Crippen LogP contribution < -0.4 is 19.5 Å². The molecule has 0 aromatic heterocycles. The summed E-state index contributed by atoms with van der Waals surface area (Å²) in [4.78, 5) is 12.3. The van der Waals surface area contributed by atoms with E-state index < -0.39 is 5.91 Å². The highest BCUT2D eigenvalue weighted by molar-refractivity contribution is 6.03. The topological polar surface area (TPSA) is 97.3 Å². The van der Waals surface area contributed by atoms with E-state index in [1.165, 1.54) is 24.3 Å². The Bertz CT molecular complexity index is 1170. The number of amides is 1. The van der Waals surface area contributed by atoms with Crippen LogP contribution in [-0.2, 0) is 4.79 Å². The van der Waals surface area contributed by atoms with Crippen LogP contribution in [0.15, 0.2) is 60.7 Å². The number of carbonyl (C=O) groups excluding carboxylic acids is 1. The SMILES string of the molecule is COc1cc(/C=C/c2ccc(O)c(NC(=O)/C=C/c3ccccc3O)c2)cc(OC)c1OC. The number of hydrogen-bond acceptors (Lipinski definition) is 6. The Kier molecular flexibility index (Phi) is 7.60. The summed E-state index contributed by atoms with van der Waals surface area (Å²) in [5, 5.41) is 22.6. The van der Waals surface area contributed by atoms with Crippen LogP contribution in [0.3, 0.4) is 0 Å². The summed E-state index contributed by atoms with van der Waals surface area (Å²) in [6.45, 7) is 0. The Hall–Kier alpha value is -4.39. The van der Waals surface area contributed by atoms with Crippen molar-refractivity contribution in [3.05, 3.63) is 77.4 Å². The van der Waals surface area contributed by atoms with Crippen molar-refractivity contribution in [2.24, 2.45) is 0 Å². The highest BCUT2D eigenvalue weighted by Gasteiger charge is 2.12. The number of carbonyl (C=O) groups is 1. The molecule has 33 heavy (non-hydrogen) atoms. The molecular formula is C26H25NO6. The summed E-state index contributed by atoms with van der Waals surface area (Å²) in [5.41, 5.74) is 2.34. The van der Waals surface area contributed by atoms with Crippen molar-refractivity contribution in [3.8, 4) is 28.7 Å². The Morgan fingerprint density at radius 2 is 1.45 bits per heavy atom. The average Bonchev–Trinajstić information content (AvgIpc) is 2.83. The van der Waals surface area contributed by atoms with Crippen molar-refractivity contribution in [1.29, 1.82) is 0 Å². The normalized spacial score (nSPS) is 11.0. The molecule has 0 saturated carbocycles. The number of phenols is 2. The highest BCUT2D eigenvalue weighted by Crippen LogP contribution is 2.38. The second kappa shape index (κ2) is 10.8. The van der Waals surface area contributed by atoms with Crippen molar-refractivity contribution in [2.45, 2.75) is 0 Å². The van der Waals surface area contributed by atoms with Crippen molar-refractivity contribution < 1.29 is 29.2 Å². The number of aromatic hydroxyl groups is 2. The zero-order valence-electron chi connectivity index (χ0n) is 18.5. The van der Waals surface area contributed by atoms with Crippen LogP contribution in [0, 0.1) is 0 Å². The predicted molar refractivity (Wildman–Crippen MR) is 129 cm³/mol. The first-order chi connectivity index (χ1) is 15.9. The quantitative estimate of drug-likeness (QED) is 0.257. The van der Waals surface area contributed by atoms with E-state index in [2.05, 4.69) is 5.32 Å². The number of hydrogen-bond donors (Lipinski definition) is 3. The number of anilines is 1. The first-order valence-corrected chi connectivity index (χ1v) is 10.0. The summed E-state index contributed by atoms with van der Waals surface area (Å²) in [6.07, 6.45) is 6.46. The van der Waals surface area contributed by atoms with Gasteiger partial charge in [0.2, 0.25) is 11.7 Å². The summed E-state index contributed by atoms with van der Waals surface area (Å²) in [5.74, 6) is 1.13. The smallest absolute Gasteiger partial charge is 0.248 e. The van der Waals surface area contributed by atoms with Gasteiger partial charge in [-0.15, -0.1) is 0 Å². The molecule has 0 aliphatic heterocycles. The van der Waals surface area contributed by atoms with Gasteiger partial charge in [0, 0.05) is 11.6 Å². The molecule has 7 nitrogen and oxygen atoms in total.